The molecule has 1 aliphatic rings. The fourth-order valence-electron chi connectivity index (χ4n) is 2.04. The molecule has 7 heteroatoms. The topological polar surface area (TPSA) is 91.8 Å². The summed E-state index contributed by atoms with van der Waals surface area (Å²) in [6.45, 7) is 0.451. The van der Waals surface area contributed by atoms with E-state index in [1.165, 1.54) is 18.2 Å². The number of nitrogens with zero attached hydrogens (tertiary/aromatic N) is 2. The van der Waals surface area contributed by atoms with Crippen molar-refractivity contribution in [1.29, 1.82) is 0 Å². The van der Waals surface area contributed by atoms with Gasteiger partial charge in [0.25, 0.3) is 0 Å². The van der Waals surface area contributed by atoms with E-state index in [0.717, 1.165) is 0 Å². The molecule has 0 unspecified atom stereocenters. The minimum atomic E-state index is -0.972. The van der Waals surface area contributed by atoms with Gasteiger partial charge in [-0.15, -0.1) is 0 Å². The van der Waals surface area contributed by atoms with Gasteiger partial charge in [0.15, 0.2) is 0 Å². The molecule has 0 spiro atoms. The molecule has 1 aromatic heterocycles. The van der Waals surface area contributed by atoms with Crippen LogP contribution >= 0.6 is 0 Å². The Morgan fingerprint density at radius 1 is 1.53 bits per heavy atom. The maximum absolute atomic E-state index is 12.0. The number of aromatic nitrogens is 1. The smallest absolute Gasteiger partial charge is 0.326 e. The third-order valence-electron chi connectivity index (χ3n) is 3.00. The number of aliphatic carboxylic acids is 1. The van der Waals surface area contributed by atoms with Crippen molar-refractivity contribution in [2.45, 2.75) is 18.9 Å². The lowest BCUT2D eigenvalue weighted by Crippen LogP contribution is -2.42. The van der Waals surface area contributed by atoms with E-state index in [-0.39, 0.29) is 0 Å². The number of carbonyl (C=O) groups excluding carboxylic acids is 1. The largest absolute Gasteiger partial charge is 0.481 e. The molecule has 2 N–H and O–H groups in total. The zero-order valence-corrected chi connectivity index (χ0v) is 10.5. The highest BCUT2D eigenvalue weighted by molar-refractivity contribution is 5.92. The molecule has 2 rings (SSSR count). The van der Waals surface area contributed by atoms with Crippen molar-refractivity contribution in [1.82, 2.24) is 9.88 Å². The van der Waals surface area contributed by atoms with Crippen LogP contribution in [0.1, 0.15) is 12.8 Å². The first-order valence-electron chi connectivity index (χ1n) is 5.92. The molecular formula is C12H15N3O4. The summed E-state index contributed by atoms with van der Waals surface area (Å²) in [6.07, 6.45) is 2.65. The Labute approximate surface area is 110 Å². The lowest BCUT2D eigenvalue weighted by atomic mass is 10.2. The number of carboxylic acid groups (broad SMARTS) is 1. The van der Waals surface area contributed by atoms with Crippen molar-refractivity contribution < 1.29 is 19.4 Å². The van der Waals surface area contributed by atoms with Gasteiger partial charge in [-0.1, -0.05) is 0 Å². The molecule has 0 aromatic carbocycles. The molecule has 1 saturated heterocycles. The summed E-state index contributed by atoms with van der Waals surface area (Å²) in [5.74, 6) is -0.525. The van der Waals surface area contributed by atoms with Crippen LogP contribution in [-0.2, 0) is 4.79 Å². The number of anilines is 1. The number of carbonyl (C=O) groups is 2. The van der Waals surface area contributed by atoms with E-state index in [4.69, 9.17) is 9.84 Å². The van der Waals surface area contributed by atoms with E-state index in [0.29, 0.717) is 31.0 Å². The van der Waals surface area contributed by atoms with Crippen molar-refractivity contribution in [3.8, 4) is 5.88 Å². The molecule has 1 aliphatic heterocycles. The number of carboxylic acids is 1. The molecule has 2 heterocycles. The van der Waals surface area contributed by atoms with Crippen molar-refractivity contribution in [3.63, 3.8) is 0 Å². The number of methoxy groups -OCH3 is 1. The highest BCUT2D eigenvalue weighted by atomic mass is 16.5. The van der Waals surface area contributed by atoms with Gasteiger partial charge in [0.05, 0.1) is 19.0 Å². The summed E-state index contributed by atoms with van der Waals surface area (Å²) in [7, 11) is 1.50. The van der Waals surface area contributed by atoms with Gasteiger partial charge in [-0.2, -0.15) is 0 Å². The lowest BCUT2D eigenvalue weighted by molar-refractivity contribution is -0.141. The van der Waals surface area contributed by atoms with Crippen LogP contribution in [0.5, 0.6) is 5.88 Å². The van der Waals surface area contributed by atoms with Gasteiger partial charge in [-0.25, -0.2) is 14.6 Å². The zero-order valence-electron chi connectivity index (χ0n) is 10.5. The standard InChI is InChI=1S/C12H15N3O4/c1-19-10-5-4-8(7-13-10)14-12(18)15-6-2-3-9(15)11(16)17/h4-5,7,9H,2-3,6H2,1H3,(H,14,18)(H,16,17)/t9-/m1/s1. The van der Waals surface area contributed by atoms with Crippen LogP contribution in [0.2, 0.25) is 0 Å². The Kier molecular flexibility index (Phi) is 3.84. The summed E-state index contributed by atoms with van der Waals surface area (Å²) >= 11 is 0. The van der Waals surface area contributed by atoms with Gasteiger partial charge < -0.3 is 20.1 Å². The van der Waals surface area contributed by atoms with Gasteiger partial charge in [0.1, 0.15) is 6.04 Å². The molecule has 7 nitrogen and oxygen atoms in total. The predicted octanol–water partition coefficient (Wildman–Crippen LogP) is 1.17. The van der Waals surface area contributed by atoms with Crippen LogP contribution < -0.4 is 10.1 Å². The van der Waals surface area contributed by atoms with E-state index in [1.807, 2.05) is 0 Å². The fourth-order valence-corrected chi connectivity index (χ4v) is 2.04. The number of rotatable bonds is 3. The molecule has 0 saturated carbocycles. The Morgan fingerprint density at radius 2 is 2.32 bits per heavy atom. The third kappa shape index (κ3) is 2.93. The van der Waals surface area contributed by atoms with Crippen molar-refractivity contribution in [3.05, 3.63) is 18.3 Å². The quantitative estimate of drug-likeness (QED) is 0.856. The molecule has 2 amide bonds. The highest BCUT2D eigenvalue weighted by Crippen LogP contribution is 2.19. The Hall–Kier alpha value is -2.31. The van der Waals surface area contributed by atoms with Gasteiger partial charge in [0, 0.05) is 12.6 Å². The number of amides is 2. The number of urea groups is 1. The van der Waals surface area contributed by atoms with Crippen LogP contribution in [0.4, 0.5) is 10.5 Å². The summed E-state index contributed by atoms with van der Waals surface area (Å²) in [4.78, 5) is 28.3. The average Bonchev–Trinajstić information content (AvgIpc) is 2.89. The number of hydrogen-bond donors (Lipinski definition) is 2. The first kappa shape index (κ1) is 13.1. The molecule has 19 heavy (non-hydrogen) atoms. The normalized spacial score (nSPS) is 18.2. The second kappa shape index (κ2) is 5.55. The highest BCUT2D eigenvalue weighted by Gasteiger charge is 2.33. The SMILES string of the molecule is COc1ccc(NC(=O)N2CCC[C@@H]2C(=O)O)cn1. The summed E-state index contributed by atoms with van der Waals surface area (Å²) in [5.41, 5.74) is 0.502. The van der Waals surface area contributed by atoms with Gasteiger partial charge in [-0.05, 0) is 18.9 Å². The van der Waals surface area contributed by atoms with Crippen molar-refractivity contribution in [2.75, 3.05) is 19.0 Å². The van der Waals surface area contributed by atoms with Gasteiger partial charge in [-0.3, -0.25) is 0 Å². The molecule has 0 aliphatic carbocycles. The van der Waals surface area contributed by atoms with E-state index >= 15 is 0 Å². The Balaban J connectivity index is 2.01. The van der Waals surface area contributed by atoms with Crippen molar-refractivity contribution in [2.24, 2.45) is 0 Å². The fraction of sp³-hybridized carbons (Fsp3) is 0.417. The summed E-state index contributed by atoms with van der Waals surface area (Å²) in [6, 6.07) is 2.10. The van der Waals surface area contributed by atoms with E-state index < -0.39 is 18.0 Å². The first-order chi connectivity index (χ1) is 9.11. The van der Waals surface area contributed by atoms with E-state index in [1.54, 1.807) is 12.1 Å². The van der Waals surface area contributed by atoms with Crippen LogP contribution in [-0.4, -0.2) is 46.7 Å². The number of ether oxygens (including phenoxy) is 1. The average molecular weight is 265 g/mol. The maximum atomic E-state index is 12.0. The third-order valence-corrected chi connectivity index (χ3v) is 3.00. The second-order valence-corrected chi connectivity index (χ2v) is 4.21. The number of likely N-dealkylation sites (tertiary alicyclic amines) is 1. The second-order valence-electron chi connectivity index (χ2n) is 4.21. The number of hydrogen-bond acceptors (Lipinski definition) is 4. The number of pyridine rings is 1. The van der Waals surface area contributed by atoms with Gasteiger partial charge in [0.2, 0.25) is 5.88 Å². The number of nitrogens with one attached hydrogen (secondary N) is 1. The molecular weight excluding hydrogens is 250 g/mol. The maximum Gasteiger partial charge on any atom is 0.326 e. The summed E-state index contributed by atoms with van der Waals surface area (Å²) in [5, 5.41) is 11.6. The Morgan fingerprint density at radius 3 is 2.89 bits per heavy atom. The predicted molar refractivity (Wildman–Crippen MR) is 67.2 cm³/mol. The summed E-state index contributed by atoms with van der Waals surface area (Å²) < 4.78 is 4.91. The molecule has 102 valence electrons. The zero-order chi connectivity index (χ0) is 13.8. The lowest BCUT2D eigenvalue weighted by Gasteiger charge is -2.21. The molecule has 0 bridgehead atoms. The molecule has 1 atom stereocenters. The molecule has 1 fully saturated rings. The van der Waals surface area contributed by atoms with Crippen LogP contribution in [0.3, 0.4) is 0 Å². The minimum absolute atomic E-state index is 0.420. The minimum Gasteiger partial charge on any atom is -0.481 e. The van der Waals surface area contributed by atoms with E-state index in [9.17, 15) is 9.59 Å². The van der Waals surface area contributed by atoms with Crippen LogP contribution in [0.15, 0.2) is 18.3 Å². The van der Waals surface area contributed by atoms with Gasteiger partial charge >= 0.3 is 12.0 Å². The Bertz CT molecular complexity index is 474. The first-order valence-corrected chi connectivity index (χ1v) is 5.92. The van der Waals surface area contributed by atoms with Crippen LogP contribution in [0, 0.1) is 0 Å². The van der Waals surface area contributed by atoms with E-state index in [2.05, 4.69) is 10.3 Å². The van der Waals surface area contributed by atoms with Crippen molar-refractivity contribution >= 4 is 17.7 Å². The monoisotopic (exact) mass is 265 g/mol. The molecule has 1 aromatic rings. The molecule has 0 radical (unpaired) electrons. The van der Waals surface area contributed by atoms with Crippen LogP contribution in [0.25, 0.3) is 0 Å².